The first-order valence-corrected chi connectivity index (χ1v) is 8.77. The van der Waals surface area contributed by atoms with Crippen LogP contribution in [0.5, 0.6) is 5.75 Å². The van der Waals surface area contributed by atoms with Gasteiger partial charge in [0.15, 0.2) is 0 Å². The maximum absolute atomic E-state index is 12.3. The van der Waals surface area contributed by atoms with Crippen molar-refractivity contribution < 1.29 is 33.7 Å². The van der Waals surface area contributed by atoms with Gasteiger partial charge in [0, 0.05) is 6.42 Å². The van der Waals surface area contributed by atoms with Crippen LogP contribution in [0.15, 0.2) is 24.3 Å². The molecule has 2 atom stereocenters. The molecule has 0 radical (unpaired) electrons. The number of para-hydroxylation sites is 1. The van der Waals surface area contributed by atoms with Crippen molar-refractivity contribution in [3.05, 3.63) is 29.8 Å². The summed E-state index contributed by atoms with van der Waals surface area (Å²) >= 11 is 0. The van der Waals surface area contributed by atoms with Crippen molar-refractivity contribution in [1.82, 2.24) is 4.90 Å². The third-order valence-electron chi connectivity index (χ3n) is 3.85. The number of aliphatic carboxylic acids is 1. The molecule has 0 saturated carbocycles. The topological polar surface area (TPSA) is 102 Å². The highest BCUT2D eigenvalue weighted by Crippen LogP contribution is 2.27. The summed E-state index contributed by atoms with van der Waals surface area (Å²) in [7, 11) is 0. The van der Waals surface area contributed by atoms with E-state index in [1.54, 1.807) is 52.0 Å². The summed E-state index contributed by atoms with van der Waals surface area (Å²) in [5.41, 5.74) is -0.489. The quantitative estimate of drug-likeness (QED) is 0.785. The van der Waals surface area contributed by atoms with E-state index in [-0.39, 0.29) is 30.9 Å². The molecule has 148 valence electrons. The number of nitrogens with zero attached hydrogens (tertiary/aromatic N) is 1. The third kappa shape index (κ3) is 5.35. The molecule has 1 aliphatic rings. The molecule has 0 bridgehead atoms. The fourth-order valence-electron chi connectivity index (χ4n) is 2.77. The van der Waals surface area contributed by atoms with Crippen molar-refractivity contribution in [2.45, 2.75) is 51.9 Å². The van der Waals surface area contributed by atoms with Crippen molar-refractivity contribution >= 4 is 18.0 Å². The Bertz CT molecular complexity index is 710. The molecule has 1 N–H and O–H groups in total. The Labute approximate surface area is 158 Å². The highest BCUT2D eigenvalue weighted by molar-refractivity contribution is 5.92. The number of likely N-dealkylation sites (tertiary alicyclic amines) is 1. The fourth-order valence-corrected chi connectivity index (χ4v) is 2.77. The van der Waals surface area contributed by atoms with Gasteiger partial charge in [0.05, 0.1) is 13.2 Å². The van der Waals surface area contributed by atoms with E-state index < -0.39 is 35.8 Å². The summed E-state index contributed by atoms with van der Waals surface area (Å²) in [6.07, 6.45) is -1.21. The van der Waals surface area contributed by atoms with Gasteiger partial charge in [0.2, 0.25) is 0 Å². The number of rotatable bonds is 5. The van der Waals surface area contributed by atoms with Gasteiger partial charge < -0.3 is 19.3 Å². The number of amides is 1. The molecule has 0 aliphatic carbocycles. The molecule has 8 heteroatoms. The Morgan fingerprint density at radius 3 is 2.48 bits per heavy atom. The Morgan fingerprint density at radius 1 is 1.22 bits per heavy atom. The van der Waals surface area contributed by atoms with Gasteiger partial charge in [-0.2, -0.15) is 0 Å². The molecule has 1 aliphatic heterocycles. The summed E-state index contributed by atoms with van der Waals surface area (Å²) in [6.45, 7) is 7.10. The van der Waals surface area contributed by atoms with Crippen LogP contribution in [-0.2, 0) is 14.3 Å². The summed E-state index contributed by atoms with van der Waals surface area (Å²) in [4.78, 5) is 37.1. The van der Waals surface area contributed by atoms with E-state index in [9.17, 15) is 19.5 Å². The molecule has 8 nitrogen and oxygen atoms in total. The number of hydrogen-bond donors (Lipinski definition) is 1. The number of carboxylic acids is 1. The Hall–Kier alpha value is -2.77. The molecule has 1 saturated heterocycles. The minimum Gasteiger partial charge on any atom is -0.488 e. The van der Waals surface area contributed by atoms with E-state index in [1.165, 1.54) is 0 Å². The van der Waals surface area contributed by atoms with E-state index in [0.717, 1.165) is 4.90 Å². The van der Waals surface area contributed by atoms with Crippen molar-refractivity contribution in [2.75, 3.05) is 13.2 Å². The van der Waals surface area contributed by atoms with Gasteiger partial charge in [-0.05, 0) is 39.8 Å². The summed E-state index contributed by atoms with van der Waals surface area (Å²) < 4.78 is 16.1. The second kappa shape index (κ2) is 8.28. The van der Waals surface area contributed by atoms with Crippen molar-refractivity contribution in [3.63, 3.8) is 0 Å². The Morgan fingerprint density at radius 2 is 1.89 bits per heavy atom. The normalized spacial score (nSPS) is 19.5. The van der Waals surface area contributed by atoms with Crippen LogP contribution in [0, 0.1) is 0 Å². The fraction of sp³-hybridized carbons (Fsp3) is 0.526. The van der Waals surface area contributed by atoms with E-state index in [0.29, 0.717) is 0 Å². The molecule has 1 amide bonds. The number of ether oxygens (including phenoxy) is 3. The molecule has 2 rings (SSSR count). The van der Waals surface area contributed by atoms with Crippen LogP contribution in [0.2, 0.25) is 0 Å². The van der Waals surface area contributed by atoms with E-state index in [1.807, 2.05) is 0 Å². The van der Waals surface area contributed by atoms with Crippen LogP contribution < -0.4 is 4.74 Å². The minimum absolute atomic E-state index is 0.0447. The Balaban J connectivity index is 2.16. The zero-order valence-electron chi connectivity index (χ0n) is 15.9. The third-order valence-corrected chi connectivity index (χ3v) is 3.85. The lowest BCUT2D eigenvalue weighted by Crippen LogP contribution is -2.43. The van der Waals surface area contributed by atoms with Crippen LogP contribution in [-0.4, -0.2) is 58.9 Å². The van der Waals surface area contributed by atoms with Gasteiger partial charge in [0.25, 0.3) is 0 Å². The van der Waals surface area contributed by atoms with Crippen LogP contribution >= 0.6 is 0 Å². The van der Waals surface area contributed by atoms with Gasteiger partial charge in [-0.25, -0.2) is 14.4 Å². The SMILES string of the molecule is CCOC(=O)c1ccccc1OC1CC(C(=O)O)N(C(=O)OC(C)(C)C)C1. The average molecular weight is 379 g/mol. The zero-order chi connectivity index (χ0) is 20.2. The van der Waals surface area contributed by atoms with Crippen LogP contribution in [0.3, 0.4) is 0 Å². The molecule has 0 aromatic heterocycles. The van der Waals surface area contributed by atoms with E-state index >= 15 is 0 Å². The highest BCUT2D eigenvalue weighted by Gasteiger charge is 2.43. The van der Waals surface area contributed by atoms with E-state index in [2.05, 4.69) is 0 Å². The number of esters is 1. The van der Waals surface area contributed by atoms with Gasteiger partial charge in [0.1, 0.15) is 29.1 Å². The summed E-state index contributed by atoms with van der Waals surface area (Å²) in [5, 5.41) is 9.45. The predicted octanol–water partition coefficient (Wildman–Crippen LogP) is 2.70. The molecule has 2 unspecified atom stereocenters. The molecular weight excluding hydrogens is 354 g/mol. The first-order valence-electron chi connectivity index (χ1n) is 8.77. The zero-order valence-corrected chi connectivity index (χ0v) is 15.9. The Kier molecular flexibility index (Phi) is 6.30. The number of carbonyl (C=O) groups is 3. The predicted molar refractivity (Wildman–Crippen MR) is 95.8 cm³/mol. The van der Waals surface area contributed by atoms with Gasteiger partial charge in [-0.3, -0.25) is 4.90 Å². The molecular formula is C19H25NO7. The van der Waals surface area contributed by atoms with Crippen molar-refractivity contribution in [3.8, 4) is 5.75 Å². The summed E-state index contributed by atoms with van der Waals surface area (Å²) in [6, 6.07) is 5.51. The second-order valence-electron chi connectivity index (χ2n) is 7.18. The molecule has 1 aromatic rings. The van der Waals surface area contributed by atoms with Gasteiger partial charge in [-0.15, -0.1) is 0 Å². The number of carboxylic acid groups (broad SMARTS) is 1. The molecule has 27 heavy (non-hydrogen) atoms. The smallest absolute Gasteiger partial charge is 0.411 e. The van der Waals surface area contributed by atoms with Crippen LogP contribution in [0.4, 0.5) is 4.79 Å². The lowest BCUT2D eigenvalue weighted by molar-refractivity contribution is -0.142. The number of benzene rings is 1. The van der Waals surface area contributed by atoms with E-state index in [4.69, 9.17) is 14.2 Å². The summed E-state index contributed by atoms with van der Waals surface area (Å²) in [5.74, 6) is -1.37. The first-order chi connectivity index (χ1) is 12.6. The van der Waals surface area contributed by atoms with Crippen molar-refractivity contribution in [2.24, 2.45) is 0 Å². The number of hydrogen-bond acceptors (Lipinski definition) is 6. The van der Waals surface area contributed by atoms with Crippen LogP contribution in [0.25, 0.3) is 0 Å². The average Bonchev–Trinajstić information content (AvgIpc) is 2.98. The van der Waals surface area contributed by atoms with Gasteiger partial charge in [-0.1, -0.05) is 12.1 Å². The lowest BCUT2D eigenvalue weighted by Gasteiger charge is -2.26. The monoisotopic (exact) mass is 379 g/mol. The molecule has 1 heterocycles. The molecule has 1 fully saturated rings. The number of carbonyl (C=O) groups excluding carboxylic acids is 2. The highest BCUT2D eigenvalue weighted by atomic mass is 16.6. The van der Waals surface area contributed by atoms with Crippen molar-refractivity contribution in [1.29, 1.82) is 0 Å². The van der Waals surface area contributed by atoms with Crippen LogP contribution in [0.1, 0.15) is 44.5 Å². The molecule has 0 spiro atoms. The van der Waals surface area contributed by atoms with Gasteiger partial charge >= 0.3 is 18.0 Å². The second-order valence-corrected chi connectivity index (χ2v) is 7.18. The standard InChI is InChI=1S/C19H25NO7/c1-5-25-17(23)13-8-6-7-9-15(13)26-12-10-14(16(21)22)20(11-12)18(24)27-19(2,3)4/h6-9,12,14H,5,10-11H2,1-4H3,(H,21,22). The first kappa shape index (κ1) is 20.5. The maximum Gasteiger partial charge on any atom is 0.411 e. The largest absolute Gasteiger partial charge is 0.488 e. The lowest BCUT2D eigenvalue weighted by atomic mass is 10.1. The maximum atomic E-state index is 12.3. The molecule has 1 aromatic carbocycles. The minimum atomic E-state index is -1.13.